The molecule has 0 atom stereocenters. The van der Waals surface area contributed by atoms with Crippen LogP contribution in [0.15, 0.2) is 30.5 Å². The fraction of sp³-hybridized carbons (Fsp3) is 0.400. The summed E-state index contributed by atoms with van der Waals surface area (Å²) in [6.07, 6.45) is 6.17. The van der Waals surface area contributed by atoms with Crippen molar-refractivity contribution in [2.75, 3.05) is 26.6 Å². The Morgan fingerprint density at radius 3 is 2.30 bits per heavy atom. The van der Waals surface area contributed by atoms with Gasteiger partial charge in [0.25, 0.3) is 5.91 Å². The second-order valence-electron chi connectivity index (χ2n) is 6.28. The van der Waals surface area contributed by atoms with Gasteiger partial charge in [0.05, 0.1) is 21.3 Å². The van der Waals surface area contributed by atoms with Crippen molar-refractivity contribution < 1.29 is 23.7 Å². The first-order valence-corrected chi connectivity index (χ1v) is 8.88. The molecule has 0 radical (unpaired) electrons. The summed E-state index contributed by atoms with van der Waals surface area (Å²) in [6, 6.07) is 6.66. The second-order valence-corrected chi connectivity index (χ2v) is 6.28. The molecule has 7 heteroatoms. The number of methoxy groups -OCH3 is 3. The molecule has 0 bridgehead atoms. The largest absolute Gasteiger partial charge is 0.493 e. The molecule has 0 saturated heterocycles. The first-order chi connectivity index (χ1) is 13.1. The van der Waals surface area contributed by atoms with Gasteiger partial charge in [-0.05, 0) is 31.7 Å². The number of pyridine rings is 1. The third kappa shape index (κ3) is 4.42. The number of hydrogen-bond acceptors (Lipinski definition) is 6. The predicted molar refractivity (Wildman–Crippen MR) is 101 cm³/mol. The molecule has 1 aliphatic rings. The summed E-state index contributed by atoms with van der Waals surface area (Å²) in [5.74, 6) is 1.59. The van der Waals surface area contributed by atoms with Crippen LogP contribution in [0, 0.1) is 0 Å². The van der Waals surface area contributed by atoms with Crippen molar-refractivity contribution in [3.05, 3.63) is 36.0 Å². The maximum atomic E-state index is 12.6. The Labute approximate surface area is 158 Å². The van der Waals surface area contributed by atoms with Crippen LogP contribution in [-0.2, 0) is 0 Å². The molecule has 1 aliphatic carbocycles. The third-order valence-electron chi connectivity index (χ3n) is 4.51. The van der Waals surface area contributed by atoms with Crippen molar-refractivity contribution in [3.8, 4) is 23.1 Å². The molecule has 1 heterocycles. The predicted octanol–water partition coefficient (Wildman–Crippen LogP) is 3.68. The molecular formula is C20H24N2O5. The Bertz CT molecular complexity index is 778. The molecule has 144 valence electrons. The molecule has 2 aromatic rings. The molecule has 1 N–H and O–H groups in total. The first-order valence-electron chi connectivity index (χ1n) is 8.88. The zero-order chi connectivity index (χ0) is 19.2. The van der Waals surface area contributed by atoms with E-state index < -0.39 is 0 Å². The average Bonchev–Trinajstić information content (AvgIpc) is 3.20. The lowest BCUT2D eigenvalue weighted by Crippen LogP contribution is -2.15. The third-order valence-corrected chi connectivity index (χ3v) is 4.51. The van der Waals surface area contributed by atoms with Crippen molar-refractivity contribution in [2.24, 2.45) is 0 Å². The summed E-state index contributed by atoms with van der Waals surface area (Å²) in [6.45, 7) is 0. The van der Waals surface area contributed by atoms with Gasteiger partial charge in [0.15, 0.2) is 11.5 Å². The summed E-state index contributed by atoms with van der Waals surface area (Å²) in [7, 11) is 4.58. The summed E-state index contributed by atoms with van der Waals surface area (Å²) in [5.41, 5.74) is 0.997. The van der Waals surface area contributed by atoms with Gasteiger partial charge in [-0.15, -0.1) is 0 Å². The number of benzene rings is 1. The Balaban J connectivity index is 1.77. The fourth-order valence-electron chi connectivity index (χ4n) is 3.15. The molecule has 0 unspecified atom stereocenters. The Hall–Kier alpha value is -2.96. The quantitative estimate of drug-likeness (QED) is 0.799. The van der Waals surface area contributed by atoms with Crippen molar-refractivity contribution >= 4 is 11.6 Å². The Morgan fingerprint density at radius 2 is 1.70 bits per heavy atom. The molecule has 1 aromatic heterocycles. The minimum absolute atomic E-state index is 0.186. The number of ether oxygens (including phenoxy) is 4. The van der Waals surface area contributed by atoms with E-state index in [-0.39, 0.29) is 12.0 Å². The van der Waals surface area contributed by atoms with Gasteiger partial charge in [-0.25, -0.2) is 4.98 Å². The zero-order valence-corrected chi connectivity index (χ0v) is 15.8. The van der Waals surface area contributed by atoms with E-state index in [0.717, 1.165) is 12.8 Å². The number of amides is 1. The van der Waals surface area contributed by atoms with Crippen LogP contribution in [-0.4, -0.2) is 38.3 Å². The van der Waals surface area contributed by atoms with Gasteiger partial charge in [-0.3, -0.25) is 4.79 Å². The highest BCUT2D eigenvalue weighted by Crippen LogP contribution is 2.40. The van der Waals surface area contributed by atoms with Gasteiger partial charge in [-0.2, -0.15) is 0 Å². The summed E-state index contributed by atoms with van der Waals surface area (Å²) in [4.78, 5) is 16.9. The van der Waals surface area contributed by atoms with Crippen molar-refractivity contribution in [3.63, 3.8) is 0 Å². The van der Waals surface area contributed by atoms with Crippen LogP contribution >= 0.6 is 0 Å². The normalized spacial score (nSPS) is 13.9. The number of nitrogens with one attached hydrogen (secondary N) is 1. The number of carbonyl (C=O) groups is 1. The van der Waals surface area contributed by atoms with E-state index in [1.165, 1.54) is 34.2 Å². The van der Waals surface area contributed by atoms with Crippen molar-refractivity contribution in [2.45, 2.75) is 31.8 Å². The van der Waals surface area contributed by atoms with Gasteiger partial charge in [0.2, 0.25) is 11.6 Å². The maximum absolute atomic E-state index is 12.6. The standard InChI is InChI=1S/C20H24N2O5/c1-24-16-11-14(12-17(25-2)19(16)26-3)22-20(23)13-8-9-21-18(10-13)27-15-6-4-5-7-15/h8-12,15H,4-7H2,1-3H3,(H,22,23). The molecule has 1 amide bonds. The van der Waals surface area contributed by atoms with E-state index in [2.05, 4.69) is 10.3 Å². The van der Waals surface area contributed by atoms with E-state index in [9.17, 15) is 4.79 Å². The summed E-state index contributed by atoms with van der Waals surface area (Å²) >= 11 is 0. The number of carbonyl (C=O) groups excluding carboxylic acids is 1. The van der Waals surface area contributed by atoms with Crippen LogP contribution in [0.3, 0.4) is 0 Å². The number of hydrogen-bond donors (Lipinski definition) is 1. The lowest BCUT2D eigenvalue weighted by Gasteiger charge is -2.15. The van der Waals surface area contributed by atoms with Gasteiger partial charge < -0.3 is 24.3 Å². The molecular weight excluding hydrogens is 348 g/mol. The minimum Gasteiger partial charge on any atom is -0.493 e. The summed E-state index contributed by atoms with van der Waals surface area (Å²) in [5, 5.41) is 2.84. The average molecular weight is 372 g/mol. The smallest absolute Gasteiger partial charge is 0.255 e. The SMILES string of the molecule is COc1cc(NC(=O)c2ccnc(OC3CCCC3)c2)cc(OC)c1OC. The minimum atomic E-state index is -0.275. The van der Waals surface area contributed by atoms with Crippen LogP contribution in [0.4, 0.5) is 5.69 Å². The number of anilines is 1. The molecule has 1 aromatic carbocycles. The van der Waals surface area contributed by atoms with Gasteiger partial charge in [-0.1, -0.05) is 0 Å². The fourth-order valence-corrected chi connectivity index (χ4v) is 3.15. The van der Waals surface area contributed by atoms with Gasteiger partial charge in [0, 0.05) is 35.6 Å². The monoisotopic (exact) mass is 372 g/mol. The molecule has 1 saturated carbocycles. The van der Waals surface area contributed by atoms with Crippen LogP contribution in [0.25, 0.3) is 0 Å². The zero-order valence-electron chi connectivity index (χ0n) is 15.8. The number of nitrogens with zero attached hydrogens (tertiary/aromatic N) is 1. The highest BCUT2D eigenvalue weighted by molar-refractivity contribution is 6.04. The molecule has 3 rings (SSSR count). The summed E-state index contributed by atoms with van der Waals surface area (Å²) < 4.78 is 21.8. The maximum Gasteiger partial charge on any atom is 0.255 e. The van der Waals surface area contributed by atoms with Crippen LogP contribution in [0.1, 0.15) is 36.0 Å². The van der Waals surface area contributed by atoms with E-state index in [1.807, 2.05) is 0 Å². The van der Waals surface area contributed by atoms with E-state index in [0.29, 0.717) is 34.4 Å². The molecule has 27 heavy (non-hydrogen) atoms. The van der Waals surface area contributed by atoms with Crippen molar-refractivity contribution in [1.82, 2.24) is 4.98 Å². The van der Waals surface area contributed by atoms with Crippen LogP contribution < -0.4 is 24.3 Å². The van der Waals surface area contributed by atoms with Gasteiger partial charge >= 0.3 is 0 Å². The van der Waals surface area contributed by atoms with Gasteiger partial charge in [0.1, 0.15) is 6.10 Å². The second kappa shape index (κ2) is 8.62. The molecule has 7 nitrogen and oxygen atoms in total. The van der Waals surface area contributed by atoms with Crippen LogP contribution in [0.5, 0.6) is 23.1 Å². The highest BCUT2D eigenvalue weighted by atomic mass is 16.5. The van der Waals surface area contributed by atoms with E-state index in [1.54, 1.807) is 30.5 Å². The number of rotatable bonds is 7. The van der Waals surface area contributed by atoms with Crippen LogP contribution in [0.2, 0.25) is 0 Å². The van der Waals surface area contributed by atoms with E-state index >= 15 is 0 Å². The molecule has 1 fully saturated rings. The first kappa shape index (κ1) is 18.8. The lowest BCUT2D eigenvalue weighted by molar-refractivity contribution is 0.102. The topological polar surface area (TPSA) is 78.9 Å². The van der Waals surface area contributed by atoms with Crippen molar-refractivity contribution in [1.29, 1.82) is 0 Å². The number of aromatic nitrogens is 1. The van der Waals surface area contributed by atoms with E-state index in [4.69, 9.17) is 18.9 Å². The highest BCUT2D eigenvalue weighted by Gasteiger charge is 2.18. The lowest BCUT2D eigenvalue weighted by atomic mass is 10.2. The Kier molecular flexibility index (Phi) is 6.01. The molecule has 0 spiro atoms. The Morgan fingerprint density at radius 1 is 1.04 bits per heavy atom. The molecule has 0 aliphatic heterocycles.